The zero-order chi connectivity index (χ0) is 13.5. The SMILES string of the molecule is CCCCCC/C=C(\I)CC(F)(F)C(F)(F)Cl. The first-order valence-electron chi connectivity index (χ1n) is 5.50. The molecule has 0 N–H and O–H groups in total. The summed E-state index contributed by atoms with van der Waals surface area (Å²) >= 11 is 6.01. The highest BCUT2D eigenvalue weighted by Gasteiger charge is 2.54. The molecule has 0 saturated heterocycles. The van der Waals surface area contributed by atoms with Crippen molar-refractivity contribution in [2.75, 3.05) is 0 Å². The lowest BCUT2D eigenvalue weighted by molar-refractivity contribution is -0.154. The Morgan fingerprint density at radius 3 is 2.24 bits per heavy atom. The van der Waals surface area contributed by atoms with Crippen LogP contribution in [0.15, 0.2) is 9.66 Å². The molecule has 0 aliphatic rings. The van der Waals surface area contributed by atoms with Gasteiger partial charge in [0, 0.05) is 6.42 Å². The van der Waals surface area contributed by atoms with E-state index in [1.807, 2.05) is 0 Å². The van der Waals surface area contributed by atoms with E-state index in [1.165, 1.54) is 0 Å². The van der Waals surface area contributed by atoms with Crippen molar-refractivity contribution < 1.29 is 17.6 Å². The lowest BCUT2D eigenvalue weighted by Gasteiger charge is -2.20. The van der Waals surface area contributed by atoms with Gasteiger partial charge in [-0.25, -0.2) is 0 Å². The van der Waals surface area contributed by atoms with Crippen molar-refractivity contribution in [1.29, 1.82) is 0 Å². The summed E-state index contributed by atoms with van der Waals surface area (Å²) in [6.45, 7) is 2.07. The largest absolute Gasteiger partial charge is 0.384 e. The van der Waals surface area contributed by atoms with E-state index in [9.17, 15) is 17.6 Å². The van der Waals surface area contributed by atoms with Crippen LogP contribution in [-0.4, -0.2) is 11.3 Å². The molecule has 0 radical (unpaired) electrons. The van der Waals surface area contributed by atoms with E-state index in [0.717, 1.165) is 25.7 Å². The fourth-order valence-electron chi connectivity index (χ4n) is 1.21. The van der Waals surface area contributed by atoms with Gasteiger partial charge in [-0.3, -0.25) is 0 Å². The maximum Gasteiger partial charge on any atom is 0.384 e. The molecule has 0 aliphatic carbocycles. The van der Waals surface area contributed by atoms with Crippen molar-refractivity contribution in [2.24, 2.45) is 0 Å². The summed E-state index contributed by atoms with van der Waals surface area (Å²) in [5, 5.41) is -4.49. The van der Waals surface area contributed by atoms with Crippen molar-refractivity contribution in [3.05, 3.63) is 9.66 Å². The predicted molar refractivity (Wildman–Crippen MR) is 71.2 cm³/mol. The number of hydrogen-bond acceptors (Lipinski definition) is 0. The summed E-state index contributed by atoms with van der Waals surface area (Å²) in [6.07, 6.45) is 5.33. The third-order valence-corrected chi connectivity index (χ3v) is 3.33. The van der Waals surface area contributed by atoms with Gasteiger partial charge in [0.25, 0.3) is 0 Å². The molecule has 6 heteroatoms. The monoisotopic (exact) mass is 386 g/mol. The van der Waals surface area contributed by atoms with E-state index in [4.69, 9.17) is 0 Å². The highest BCUT2D eigenvalue weighted by molar-refractivity contribution is 14.1. The third-order valence-electron chi connectivity index (χ3n) is 2.23. The highest BCUT2D eigenvalue weighted by atomic mass is 127. The van der Waals surface area contributed by atoms with Gasteiger partial charge in [0.05, 0.1) is 0 Å². The molecule has 0 spiro atoms. The maximum absolute atomic E-state index is 12.9. The van der Waals surface area contributed by atoms with E-state index >= 15 is 0 Å². The van der Waals surface area contributed by atoms with Crippen LogP contribution in [-0.2, 0) is 0 Å². The van der Waals surface area contributed by atoms with Crippen LogP contribution in [0.5, 0.6) is 0 Å². The quantitative estimate of drug-likeness (QED) is 0.204. The van der Waals surface area contributed by atoms with E-state index in [0.29, 0.717) is 6.42 Å². The molecular formula is C11H16ClF4I. The second-order valence-electron chi connectivity index (χ2n) is 3.88. The second kappa shape index (κ2) is 7.81. The molecule has 0 aromatic rings. The Bertz CT molecular complexity index is 248. The van der Waals surface area contributed by atoms with Gasteiger partial charge in [0.15, 0.2) is 0 Å². The minimum atomic E-state index is -4.49. The molecule has 102 valence electrons. The standard InChI is InChI=1S/C11H16ClF4I/c1-2-3-4-5-6-7-9(17)8-10(13,14)11(12,15)16/h7H,2-6,8H2,1H3/b9-7-. The highest BCUT2D eigenvalue weighted by Crippen LogP contribution is 2.42. The zero-order valence-corrected chi connectivity index (χ0v) is 12.5. The van der Waals surface area contributed by atoms with Crippen LogP contribution < -0.4 is 0 Å². The van der Waals surface area contributed by atoms with Crippen LogP contribution in [0.3, 0.4) is 0 Å². The number of hydrogen-bond donors (Lipinski definition) is 0. The minimum Gasteiger partial charge on any atom is -0.198 e. The fraction of sp³-hybridized carbons (Fsp3) is 0.818. The Hall–Kier alpha value is 0.480. The number of alkyl halides is 5. The first kappa shape index (κ1) is 17.5. The molecule has 0 aliphatic heterocycles. The summed E-state index contributed by atoms with van der Waals surface area (Å²) in [6, 6.07) is 0. The summed E-state index contributed by atoms with van der Waals surface area (Å²) in [7, 11) is 0. The van der Waals surface area contributed by atoms with Gasteiger partial charge in [0.2, 0.25) is 0 Å². The van der Waals surface area contributed by atoms with Crippen molar-refractivity contribution in [3.8, 4) is 0 Å². The lowest BCUT2D eigenvalue weighted by atomic mass is 10.1. The second-order valence-corrected chi connectivity index (χ2v) is 5.74. The molecule has 0 unspecified atom stereocenters. The average molecular weight is 387 g/mol. The summed E-state index contributed by atoms with van der Waals surface area (Å²) in [5.41, 5.74) is 0. The summed E-state index contributed by atoms with van der Waals surface area (Å²) in [4.78, 5) is 0. The van der Waals surface area contributed by atoms with E-state index in [1.54, 1.807) is 28.7 Å². The van der Waals surface area contributed by atoms with Crippen LogP contribution in [0.1, 0.15) is 45.4 Å². The third kappa shape index (κ3) is 7.49. The molecule has 0 rings (SSSR count). The summed E-state index contributed by atoms with van der Waals surface area (Å²) < 4.78 is 50.7. The van der Waals surface area contributed by atoms with Crippen LogP contribution in [0.4, 0.5) is 17.6 Å². The summed E-state index contributed by atoms with van der Waals surface area (Å²) in [5.74, 6) is -4.19. The Morgan fingerprint density at radius 1 is 1.18 bits per heavy atom. The molecule has 0 aromatic carbocycles. The van der Waals surface area contributed by atoms with Crippen LogP contribution in [0.2, 0.25) is 0 Å². The molecule has 0 aromatic heterocycles. The number of unbranched alkanes of at least 4 members (excludes halogenated alkanes) is 4. The topological polar surface area (TPSA) is 0 Å². The van der Waals surface area contributed by atoms with Crippen molar-refractivity contribution in [3.63, 3.8) is 0 Å². The molecule has 0 fully saturated rings. The van der Waals surface area contributed by atoms with Crippen LogP contribution in [0.25, 0.3) is 0 Å². The first-order valence-corrected chi connectivity index (χ1v) is 6.95. The molecular weight excluding hydrogens is 370 g/mol. The molecule has 0 amide bonds. The Labute approximate surface area is 118 Å². The number of halogens is 6. The predicted octanol–water partition coefficient (Wildman–Crippen LogP) is 6.13. The van der Waals surface area contributed by atoms with E-state index in [-0.39, 0.29) is 3.58 Å². The van der Waals surface area contributed by atoms with E-state index < -0.39 is 17.7 Å². The Kier molecular flexibility index (Phi) is 8.04. The normalized spacial score (nSPS) is 14.2. The van der Waals surface area contributed by atoms with Crippen molar-refractivity contribution in [1.82, 2.24) is 0 Å². The first-order chi connectivity index (χ1) is 7.70. The zero-order valence-electron chi connectivity index (χ0n) is 9.59. The fourth-order valence-corrected chi connectivity index (χ4v) is 2.07. The molecule has 0 atom stereocenters. The number of rotatable bonds is 8. The molecule has 0 bridgehead atoms. The van der Waals surface area contributed by atoms with Crippen molar-refractivity contribution >= 4 is 34.2 Å². The Morgan fingerprint density at radius 2 is 1.76 bits per heavy atom. The smallest absolute Gasteiger partial charge is 0.198 e. The van der Waals surface area contributed by atoms with Gasteiger partial charge >= 0.3 is 11.3 Å². The van der Waals surface area contributed by atoms with Crippen LogP contribution in [0, 0.1) is 0 Å². The molecule has 0 nitrogen and oxygen atoms in total. The lowest BCUT2D eigenvalue weighted by Crippen LogP contribution is -2.35. The minimum absolute atomic E-state index is 0.226. The maximum atomic E-state index is 12.9. The van der Waals surface area contributed by atoms with Crippen molar-refractivity contribution in [2.45, 2.75) is 56.8 Å². The van der Waals surface area contributed by atoms with Gasteiger partial charge in [-0.1, -0.05) is 32.3 Å². The van der Waals surface area contributed by atoms with Gasteiger partial charge in [-0.2, -0.15) is 17.6 Å². The van der Waals surface area contributed by atoms with Crippen LogP contribution >= 0.6 is 34.2 Å². The average Bonchev–Trinajstić information content (AvgIpc) is 2.14. The van der Waals surface area contributed by atoms with E-state index in [2.05, 4.69) is 18.5 Å². The van der Waals surface area contributed by atoms with Gasteiger partial charge in [-0.05, 0) is 50.6 Å². The van der Waals surface area contributed by atoms with Gasteiger partial charge in [-0.15, -0.1) is 0 Å². The molecule has 0 saturated carbocycles. The molecule has 17 heavy (non-hydrogen) atoms. The van der Waals surface area contributed by atoms with Gasteiger partial charge < -0.3 is 0 Å². The Balaban J connectivity index is 4.07. The molecule has 0 heterocycles. The van der Waals surface area contributed by atoms with Gasteiger partial charge in [0.1, 0.15) is 0 Å². The number of allylic oxidation sites excluding steroid dienone is 2.